The average Bonchev–Trinajstić information content (AvgIpc) is 2.91. The highest BCUT2D eigenvalue weighted by Crippen LogP contribution is 2.33. The molecular weight excluding hydrogens is 250 g/mol. The summed E-state index contributed by atoms with van der Waals surface area (Å²) in [5.41, 5.74) is 11.0. The molecule has 0 saturated carbocycles. The van der Waals surface area contributed by atoms with E-state index in [-0.39, 0.29) is 0 Å². The lowest BCUT2D eigenvalue weighted by atomic mass is 9.84. The van der Waals surface area contributed by atoms with Crippen LogP contribution in [0.4, 0.5) is 0 Å². The molecule has 1 heterocycles. The van der Waals surface area contributed by atoms with Crippen molar-refractivity contribution in [3.05, 3.63) is 46.8 Å². The van der Waals surface area contributed by atoms with Crippen LogP contribution in [0.15, 0.2) is 24.3 Å². The second-order valence-electron chi connectivity index (χ2n) is 5.41. The van der Waals surface area contributed by atoms with Gasteiger partial charge in [0.15, 0.2) is 0 Å². The van der Waals surface area contributed by atoms with Crippen molar-refractivity contribution in [2.45, 2.75) is 31.6 Å². The molecular formula is C16H21N3O. The van der Waals surface area contributed by atoms with Gasteiger partial charge in [-0.2, -0.15) is 5.10 Å². The van der Waals surface area contributed by atoms with Crippen LogP contribution in [0.3, 0.4) is 0 Å². The molecule has 3 rings (SSSR count). The Kier molecular flexibility index (Phi) is 3.74. The molecule has 1 aromatic heterocycles. The van der Waals surface area contributed by atoms with Gasteiger partial charge < -0.3 is 10.5 Å². The number of methoxy groups -OCH3 is 1. The molecule has 1 aromatic carbocycles. The van der Waals surface area contributed by atoms with Crippen molar-refractivity contribution in [2.75, 3.05) is 13.7 Å². The maximum Gasteiger partial charge on any atom is 0.118 e. The van der Waals surface area contributed by atoms with Crippen LogP contribution in [0, 0.1) is 0 Å². The van der Waals surface area contributed by atoms with Crippen molar-refractivity contribution < 1.29 is 4.74 Å². The number of fused-ring (bicyclic) bond motifs is 1. The quantitative estimate of drug-likeness (QED) is 0.897. The molecule has 0 amide bonds. The van der Waals surface area contributed by atoms with Gasteiger partial charge >= 0.3 is 0 Å². The zero-order valence-corrected chi connectivity index (χ0v) is 11.9. The molecule has 0 aliphatic heterocycles. The number of aryl methyl sites for hydroxylation is 1. The van der Waals surface area contributed by atoms with Gasteiger partial charge in [-0.05, 0) is 49.4 Å². The van der Waals surface area contributed by atoms with E-state index in [4.69, 9.17) is 10.5 Å². The standard InChI is InChI=1S/C16H21N3O/c1-20-13-7-5-11(6-8-13)9-15-16-12(10-17)3-2-4-14(16)18-19-15/h5-8,12H,2-4,9-10,17H2,1H3,(H,18,19). The number of nitrogens with zero attached hydrogens (tertiary/aromatic N) is 1. The Morgan fingerprint density at radius 2 is 2.15 bits per heavy atom. The van der Waals surface area contributed by atoms with Crippen LogP contribution in [-0.2, 0) is 12.8 Å². The third kappa shape index (κ3) is 2.43. The SMILES string of the molecule is COc1ccc(Cc2n[nH]c3c2C(CN)CCC3)cc1. The van der Waals surface area contributed by atoms with Gasteiger partial charge in [0.1, 0.15) is 5.75 Å². The molecule has 0 bridgehead atoms. The van der Waals surface area contributed by atoms with Gasteiger partial charge in [0.2, 0.25) is 0 Å². The summed E-state index contributed by atoms with van der Waals surface area (Å²) in [7, 11) is 1.69. The van der Waals surface area contributed by atoms with Crippen LogP contribution in [0.1, 0.15) is 41.3 Å². The van der Waals surface area contributed by atoms with E-state index in [0.29, 0.717) is 12.5 Å². The smallest absolute Gasteiger partial charge is 0.118 e. The van der Waals surface area contributed by atoms with Crippen molar-refractivity contribution in [1.29, 1.82) is 0 Å². The minimum atomic E-state index is 0.464. The molecule has 0 fully saturated rings. The average molecular weight is 271 g/mol. The third-order valence-corrected chi connectivity index (χ3v) is 4.16. The van der Waals surface area contributed by atoms with Gasteiger partial charge in [-0.15, -0.1) is 0 Å². The van der Waals surface area contributed by atoms with Crippen molar-refractivity contribution in [3.8, 4) is 5.75 Å². The third-order valence-electron chi connectivity index (χ3n) is 4.16. The van der Waals surface area contributed by atoms with Crippen LogP contribution in [0.5, 0.6) is 5.75 Å². The number of rotatable bonds is 4. The van der Waals surface area contributed by atoms with Crippen LogP contribution in [0.25, 0.3) is 0 Å². The Morgan fingerprint density at radius 3 is 2.85 bits per heavy atom. The number of nitrogens with one attached hydrogen (secondary N) is 1. The van der Waals surface area contributed by atoms with Gasteiger partial charge in [-0.25, -0.2) is 0 Å². The Labute approximate surface area is 119 Å². The zero-order valence-electron chi connectivity index (χ0n) is 11.9. The van der Waals surface area contributed by atoms with Gasteiger partial charge in [0.05, 0.1) is 12.8 Å². The molecule has 0 saturated heterocycles. The van der Waals surface area contributed by atoms with E-state index in [1.165, 1.54) is 29.7 Å². The number of hydrogen-bond acceptors (Lipinski definition) is 3. The highest BCUT2D eigenvalue weighted by atomic mass is 16.5. The Bertz CT molecular complexity index is 574. The Balaban J connectivity index is 1.85. The second-order valence-corrected chi connectivity index (χ2v) is 5.41. The Morgan fingerprint density at radius 1 is 1.35 bits per heavy atom. The first-order valence-electron chi connectivity index (χ1n) is 7.21. The van der Waals surface area contributed by atoms with E-state index in [2.05, 4.69) is 22.3 Å². The first kappa shape index (κ1) is 13.2. The topological polar surface area (TPSA) is 63.9 Å². The second kappa shape index (κ2) is 5.67. The van der Waals surface area contributed by atoms with E-state index in [1.807, 2.05) is 12.1 Å². The highest BCUT2D eigenvalue weighted by molar-refractivity contribution is 5.37. The predicted molar refractivity (Wildman–Crippen MR) is 79.1 cm³/mol. The largest absolute Gasteiger partial charge is 0.497 e. The summed E-state index contributed by atoms with van der Waals surface area (Å²) in [6, 6.07) is 8.18. The van der Waals surface area contributed by atoms with Crippen LogP contribution in [-0.4, -0.2) is 23.9 Å². The zero-order chi connectivity index (χ0) is 13.9. The summed E-state index contributed by atoms with van der Waals surface area (Å²) in [6.07, 6.45) is 4.34. The molecule has 4 nitrogen and oxygen atoms in total. The molecule has 3 N–H and O–H groups in total. The number of aromatic nitrogens is 2. The van der Waals surface area contributed by atoms with Crippen LogP contribution >= 0.6 is 0 Å². The number of benzene rings is 1. The lowest BCUT2D eigenvalue weighted by molar-refractivity contribution is 0.414. The maximum absolute atomic E-state index is 5.92. The molecule has 1 unspecified atom stereocenters. The minimum absolute atomic E-state index is 0.464. The monoisotopic (exact) mass is 271 g/mol. The van der Waals surface area contributed by atoms with Crippen LogP contribution in [0.2, 0.25) is 0 Å². The molecule has 2 aromatic rings. The molecule has 1 aliphatic carbocycles. The van der Waals surface area contributed by atoms with Gasteiger partial charge in [0, 0.05) is 17.7 Å². The molecule has 1 aliphatic rings. The van der Waals surface area contributed by atoms with Crippen molar-refractivity contribution in [3.63, 3.8) is 0 Å². The maximum atomic E-state index is 5.92. The van der Waals surface area contributed by atoms with Crippen LogP contribution < -0.4 is 10.5 Å². The van der Waals surface area contributed by atoms with E-state index in [9.17, 15) is 0 Å². The lowest BCUT2D eigenvalue weighted by Crippen LogP contribution is -2.18. The molecule has 1 atom stereocenters. The number of ether oxygens (including phenoxy) is 1. The molecule has 4 heteroatoms. The van der Waals surface area contributed by atoms with Gasteiger partial charge in [0.25, 0.3) is 0 Å². The summed E-state index contributed by atoms with van der Waals surface area (Å²) in [5.74, 6) is 1.35. The first-order valence-corrected chi connectivity index (χ1v) is 7.21. The first-order chi connectivity index (χ1) is 9.81. The number of H-pyrrole nitrogens is 1. The minimum Gasteiger partial charge on any atom is -0.497 e. The van der Waals surface area contributed by atoms with Gasteiger partial charge in [-0.3, -0.25) is 5.10 Å². The van der Waals surface area contributed by atoms with E-state index in [0.717, 1.165) is 24.3 Å². The van der Waals surface area contributed by atoms with E-state index >= 15 is 0 Å². The Hall–Kier alpha value is -1.81. The van der Waals surface area contributed by atoms with Crippen molar-refractivity contribution >= 4 is 0 Å². The molecule has 106 valence electrons. The number of nitrogens with two attached hydrogens (primary N) is 1. The molecule has 20 heavy (non-hydrogen) atoms. The normalized spacial score (nSPS) is 17.8. The van der Waals surface area contributed by atoms with E-state index in [1.54, 1.807) is 7.11 Å². The highest BCUT2D eigenvalue weighted by Gasteiger charge is 2.24. The van der Waals surface area contributed by atoms with Crippen molar-refractivity contribution in [1.82, 2.24) is 10.2 Å². The summed E-state index contributed by atoms with van der Waals surface area (Å²) in [4.78, 5) is 0. The fraction of sp³-hybridized carbons (Fsp3) is 0.438. The molecule has 0 spiro atoms. The lowest BCUT2D eigenvalue weighted by Gasteiger charge is -2.21. The fourth-order valence-corrected chi connectivity index (χ4v) is 3.08. The summed E-state index contributed by atoms with van der Waals surface area (Å²) in [6.45, 7) is 0.710. The predicted octanol–water partition coefficient (Wildman–Crippen LogP) is 2.39. The number of hydrogen-bond donors (Lipinski definition) is 2. The number of aromatic amines is 1. The van der Waals surface area contributed by atoms with Gasteiger partial charge in [-0.1, -0.05) is 12.1 Å². The molecule has 0 radical (unpaired) electrons. The summed E-state index contributed by atoms with van der Waals surface area (Å²) in [5, 5.41) is 7.73. The van der Waals surface area contributed by atoms with E-state index < -0.39 is 0 Å². The summed E-state index contributed by atoms with van der Waals surface area (Å²) < 4.78 is 5.19. The summed E-state index contributed by atoms with van der Waals surface area (Å²) >= 11 is 0. The van der Waals surface area contributed by atoms with Crippen molar-refractivity contribution in [2.24, 2.45) is 5.73 Å². The fourth-order valence-electron chi connectivity index (χ4n) is 3.08.